The van der Waals surface area contributed by atoms with Crippen LogP contribution in [0.15, 0.2) is 18.2 Å². The smallest absolute Gasteiger partial charge is 0.257 e. The Balaban J connectivity index is 2.29. The number of likely N-dealkylation sites (N-methyl/N-ethyl adjacent to an activating group) is 1. The van der Waals surface area contributed by atoms with E-state index in [1.807, 2.05) is 39.0 Å². The lowest BCUT2D eigenvalue weighted by molar-refractivity contribution is -0.123. The van der Waals surface area contributed by atoms with Crippen molar-refractivity contribution >= 4 is 5.91 Å². The number of hydrogen-bond acceptors (Lipinski definition) is 3. The summed E-state index contributed by atoms with van der Waals surface area (Å²) in [7, 11) is 0. The van der Waals surface area contributed by atoms with E-state index in [-0.39, 0.29) is 12.5 Å². The number of carbonyl (C=O) groups excluding carboxylic acids is 1. The predicted molar refractivity (Wildman–Crippen MR) is 73.0 cm³/mol. The average Bonchev–Trinajstić information content (AvgIpc) is 2.33. The van der Waals surface area contributed by atoms with Gasteiger partial charge in [0.15, 0.2) is 6.61 Å². The topological polar surface area (TPSA) is 50.4 Å². The maximum absolute atomic E-state index is 11.5. The van der Waals surface area contributed by atoms with Gasteiger partial charge in [-0.3, -0.25) is 4.79 Å². The summed E-state index contributed by atoms with van der Waals surface area (Å²) in [6.07, 6.45) is 0. The fraction of sp³-hybridized carbons (Fsp3) is 0.500. The molecule has 4 heteroatoms. The van der Waals surface area contributed by atoms with Gasteiger partial charge in [0.1, 0.15) is 5.75 Å². The largest absolute Gasteiger partial charge is 0.484 e. The molecule has 0 fully saturated rings. The van der Waals surface area contributed by atoms with Crippen LogP contribution in [-0.4, -0.2) is 32.1 Å². The fourth-order valence-electron chi connectivity index (χ4n) is 1.62. The number of benzene rings is 1. The van der Waals surface area contributed by atoms with Gasteiger partial charge in [0.2, 0.25) is 0 Å². The first-order valence-electron chi connectivity index (χ1n) is 6.31. The number of ether oxygens (including phenoxy) is 1. The molecule has 0 aliphatic rings. The second-order valence-electron chi connectivity index (χ2n) is 4.26. The molecule has 1 amide bonds. The Labute approximate surface area is 109 Å². The van der Waals surface area contributed by atoms with Crippen molar-refractivity contribution in [1.82, 2.24) is 10.6 Å². The Morgan fingerprint density at radius 2 is 2.06 bits per heavy atom. The number of aryl methyl sites for hydroxylation is 2. The van der Waals surface area contributed by atoms with Gasteiger partial charge in [-0.25, -0.2) is 0 Å². The lowest BCUT2D eigenvalue weighted by atomic mass is 10.1. The summed E-state index contributed by atoms with van der Waals surface area (Å²) in [4.78, 5) is 11.5. The van der Waals surface area contributed by atoms with Crippen LogP contribution in [0, 0.1) is 13.8 Å². The Morgan fingerprint density at radius 3 is 2.72 bits per heavy atom. The van der Waals surface area contributed by atoms with E-state index in [1.54, 1.807) is 0 Å². The molecule has 0 saturated heterocycles. The summed E-state index contributed by atoms with van der Waals surface area (Å²) in [6, 6.07) is 5.92. The molecular weight excluding hydrogens is 228 g/mol. The van der Waals surface area contributed by atoms with Crippen LogP contribution >= 0.6 is 0 Å². The van der Waals surface area contributed by atoms with E-state index >= 15 is 0 Å². The first-order valence-corrected chi connectivity index (χ1v) is 6.31. The van der Waals surface area contributed by atoms with E-state index in [2.05, 4.69) is 10.6 Å². The minimum Gasteiger partial charge on any atom is -0.484 e. The van der Waals surface area contributed by atoms with Crippen LogP contribution in [0.1, 0.15) is 18.1 Å². The zero-order chi connectivity index (χ0) is 13.4. The highest BCUT2D eigenvalue weighted by Crippen LogP contribution is 2.18. The van der Waals surface area contributed by atoms with Crippen molar-refractivity contribution in [2.45, 2.75) is 20.8 Å². The quantitative estimate of drug-likeness (QED) is 0.719. The highest BCUT2D eigenvalue weighted by molar-refractivity contribution is 5.77. The predicted octanol–water partition coefficient (Wildman–Crippen LogP) is 1.41. The van der Waals surface area contributed by atoms with Crippen LogP contribution in [-0.2, 0) is 4.79 Å². The van der Waals surface area contributed by atoms with E-state index in [4.69, 9.17) is 4.74 Å². The van der Waals surface area contributed by atoms with Crippen molar-refractivity contribution in [3.05, 3.63) is 29.3 Å². The molecule has 2 N–H and O–H groups in total. The summed E-state index contributed by atoms with van der Waals surface area (Å²) in [5.41, 5.74) is 2.24. The highest BCUT2D eigenvalue weighted by atomic mass is 16.5. The lowest BCUT2D eigenvalue weighted by Crippen LogP contribution is -2.34. The number of carbonyl (C=O) groups is 1. The van der Waals surface area contributed by atoms with Gasteiger partial charge in [-0.2, -0.15) is 0 Å². The van der Waals surface area contributed by atoms with Crippen molar-refractivity contribution in [3.63, 3.8) is 0 Å². The van der Waals surface area contributed by atoms with Crippen LogP contribution in [0.2, 0.25) is 0 Å². The molecule has 4 nitrogen and oxygen atoms in total. The van der Waals surface area contributed by atoms with Crippen molar-refractivity contribution in [2.75, 3.05) is 26.2 Å². The van der Waals surface area contributed by atoms with Gasteiger partial charge in [0, 0.05) is 13.1 Å². The van der Waals surface area contributed by atoms with Gasteiger partial charge >= 0.3 is 0 Å². The molecule has 0 atom stereocenters. The van der Waals surface area contributed by atoms with E-state index in [0.717, 1.165) is 24.4 Å². The molecule has 0 heterocycles. The highest BCUT2D eigenvalue weighted by Gasteiger charge is 2.04. The molecule has 1 aromatic rings. The molecule has 0 aromatic heterocycles. The number of rotatable bonds is 7. The number of hydrogen-bond donors (Lipinski definition) is 2. The van der Waals surface area contributed by atoms with Gasteiger partial charge in [0.25, 0.3) is 5.91 Å². The van der Waals surface area contributed by atoms with Crippen molar-refractivity contribution < 1.29 is 9.53 Å². The first kappa shape index (κ1) is 14.5. The van der Waals surface area contributed by atoms with Gasteiger partial charge in [0.05, 0.1) is 0 Å². The van der Waals surface area contributed by atoms with E-state index in [1.165, 1.54) is 5.56 Å². The third-order valence-corrected chi connectivity index (χ3v) is 2.56. The number of nitrogens with one attached hydrogen (secondary N) is 2. The van der Waals surface area contributed by atoms with Crippen LogP contribution in [0.4, 0.5) is 0 Å². The molecule has 0 saturated carbocycles. The standard InChI is InChI=1S/C14H22N2O2/c1-4-15-7-8-16-14(17)10-18-13-6-5-11(2)9-12(13)3/h5-6,9,15H,4,7-8,10H2,1-3H3,(H,16,17). The Morgan fingerprint density at radius 1 is 1.28 bits per heavy atom. The molecule has 1 rings (SSSR count). The van der Waals surface area contributed by atoms with Crippen LogP contribution in [0.5, 0.6) is 5.75 Å². The van der Waals surface area contributed by atoms with Gasteiger partial charge in [-0.15, -0.1) is 0 Å². The van der Waals surface area contributed by atoms with Crippen LogP contribution < -0.4 is 15.4 Å². The molecule has 0 aliphatic carbocycles. The Kier molecular flexibility index (Phi) is 6.22. The molecule has 0 spiro atoms. The molecule has 1 aromatic carbocycles. The zero-order valence-corrected chi connectivity index (χ0v) is 11.4. The van der Waals surface area contributed by atoms with E-state index in [9.17, 15) is 4.79 Å². The summed E-state index contributed by atoms with van der Waals surface area (Å²) >= 11 is 0. The summed E-state index contributed by atoms with van der Waals surface area (Å²) in [5.74, 6) is 0.676. The van der Waals surface area contributed by atoms with Gasteiger partial charge < -0.3 is 15.4 Å². The molecule has 18 heavy (non-hydrogen) atoms. The second kappa shape index (κ2) is 7.71. The minimum absolute atomic E-state index is 0.0655. The normalized spacial score (nSPS) is 10.2. The molecule has 0 bridgehead atoms. The van der Waals surface area contributed by atoms with Gasteiger partial charge in [-0.05, 0) is 32.0 Å². The lowest BCUT2D eigenvalue weighted by Gasteiger charge is -2.10. The van der Waals surface area contributed by atoms with Crippen LogP contribution in [0.25, 0.3) is 0 Å². The summed E-state index contributed by atoms with van der Waals surface area (Å²) in [5, 5.41) is 5.93. The molecular formula is C14H22N2O2. The van der Waals surface area contributed by atoms with Crippen LogP contribution in [0.3, 0.4) is 0 Å². The van der Waals surface area contributed by atoms with Crippen molar-refractivity contribution in [1.29, 1.82) is 0 Å². The third kappa shape index (κ3) is 5.19. The second-order valence-corrected chi connectivity index (χ2v) is 4.26. The Hall–Kier alpha value is -1.55. The monoisotopic (exact) mass is 250 g/mol. The maximum Gasteiger partial charge on any atom is 0.257 e. The van der Waals surface area contributed by atoms with E-state index < -0.39 is 0 Å². The first-order chi connectivity index (χ1) is 8.63. The SMILES string of the molecule is CCNCCNC(=O)COc1ccc(C)cc1C. The Bertz CT molecular complexity index is 391. The van der Waals surface area contributed by atoms with Gasteiger partial charge in [-0.1, -0.05) is 24.6 Å². The number of amides is 1. The average molecular weight is 250 g/mol. The fourth-order valence-corrected chi connectivity index (χ4v) is 1.62. The molecule has 0 radical (unpaired) electrons. The third-order valence-electron chi connectivity index (χ3n) is 2.56. The molecule has 0 unspecified atom stereocenters. The molecule has 0 aliphatic heterocycles. The zero-order valence-electron chi connectivity index (χ0n) is 11.4. The van der Waals surface area contributed by atoms with Crippen molar-refractivity contribution in [3.8, 4) is 5.75 Å². The molecule has 100 valence electrons. The van der Waals surface area contributed by atoms with E-state index in [0.29, 0.717) is 6.54 Å². The minimum atomic E-state index is -0.0899. The summed E-state index contributed by atoms with van der Waals surface area (Å²) < 4.78 is 5.48. The van der Waals surface area contributed by atoms with Crippen molar-refractivity contribution in [2.24, 2.45) is 0 Å². The maximum atomic E-state index is 11.5. The summed E-state index contributed by atoms with van der Waals surface area (Å²) in [6.45, 7) is 8.43.